The third-order valence-electron chi connectivity index (χ3n) is 4.06. The summed E-state index contributed by atoms with van der Waals surface area (Å²) in [5, 5.41) is 9.52. The summed E-state index contributed by atoms with van der Waals surface area (Å²) in [6.07, 6.45) is 1.43. The van der Waals surface area contributed by atoms with Gasteiger partial charge in [-0.15, -0.1) is 0 Å². The van der Waals surface area contributed by atoms with E-state index < -0.39 is 18.4 Å². The van der Waals surface area contributed by atoms with E-state index in [-0.39, 0.29) is 16.2 Å². The molecule has 0 aliphatic heterocycles. The van der Waals surface area contributed by atoms with Gasteiger partial charge in [0.1, 0.15) is 17.4 Å². The number of hydrogen-bond donors (Lipinski definition) is 0. The maximum atomic E-state index is 12.2. The largest absolute Gasteiger partial charge is 0.495 e. The van der Waals surface area contributed by atoms with E-state index in [4.69, 9.17) is 21.1 Å². The molecule has 0 radical (unpaired) electrons. The quantitative estimate of drug-likeness (QED) is 0.290. The van der Waals surface area contributed by atoms with Gasteiger partial charge < -0.3 is 9.47 Å². The standard InChI is InChI=1S/C22H20ClNO4/c1-14(2)16-6-4-15(5-7-16)10-18(12-24)22(26)28-13-20(25)17-8-9-21(27-3)19(23)11-17/h4-11,14H,13H2,1-3H3/b18-10+. The Bertz CT molecular complexity index is 940. The fourth-order valence-electron chi connectivity index (χ4n) is 2.41. The molecule has 0 amide bonds. The zero-order valence-corrected chi connectivity index (χ0v) is 16.6. The zero-order chi connectivity index (χ0) is 20.7. The predicted octanol–water partition coefficient (Wildman–Crippen LogP) is 4.81. The minimum atomic E-state index is -0.858. The first kappa shape index (κ1) is 21.2. The van der Waals surface area contributed by atoms with E-state index in [0.29, 0.717) is 17.2 Å². The highest BCUT2D eigenvalue weighted by molar-refractivity contribution is 6.32. The fourth-order valence-corrected chi connectivity index (χ4v) is 2.67. The molecule has 28 heavy (non-hydrogen) atoms. The van der Waals surface area contributed by atoms with Gasteiger partial charge in [-0.1, -0.05) is 49.7 Å². The number of hydrogen-bond acceptors (Lipinski definition) is 5. The summed E-state index contributed by atoms with van der Waals surface area (Å²) in [7, 11) is 1.47. The summed E-state index contributed by atoms with van der Waals surface area (Å²) in [6.45, 7) is 3.67. The molecule has 0 unspecified atom stereocenters. The molecule has 0 spiro atoms. The Labute approximate surface area is 169 Å². The van der Waals surface area contributed by atoms with Gasteiger partial charge in [-0.05, 0) is 41.3 Å². The molecule has 0 saturated carbocycles. The van der Waals surface area contributed by atoms with Crippen LogP contribution in [0.5, 0.6) is 5.75 Å². The normalized spacial score (nSPS) is 11.1. The van der Waals surface area contributed by atoms with Crippen LogP contribution in [0.4, 0.5) is 0 Å². The molecule has 0 atom stereocenters. The highest BCUT2D eigenvalue weighted by Gasteiger charge is 2.15. The lowest BCUT2D eigenvalue weighted by atomic mass is 10.0. The van der Waals surface area contributed by atoms with Crippen LogP contribution in [0, 0.1) is 11.3 Å². The van der Waals surface area contributed by atoms with Crippen LogP contribution in [-0.4, -0.2) is 25.5 Å². The highest BCUT2D eigenvalue weighted by Crippen LogP contribution is 2.25. The number of benzene rings is 2. The molecule has 5 nitrogen and oxygen atoms in total. The SMILES string of the molecule is COc1ccc(C(=O)COC(=O)/C(C#N)=C/c2ccc(C(C)C)cc2)cc1Cl. The molecule has 2 rings (SSSR count). The van der Waals surface area contributed by atoms with Crippen LogP contribution < -0.4 is 4.74 Å². The Morgan fingerprint density at radius 1 is 1.18 bits per heavy atom. The number of methoxy groups -OCH3 is 1. The van der Waals surface area contributed by atoms with Gasteiger partial charge in [0.2, 0.25) is 0 Å². The Balaban J connectivity index is 2.04. The molecule has 0 saturated heterocycles. The highest BCUT2D eigenvalue weighted by atomic mass is 35.5. The van der Waals surface area contributed by atoms with Crippen molar-refractivity contribution in [3.05, 3.63) is 69.8 Å². The zero-order valence-electron chi connectivity index (χ0n) is 15.9. The van der Waals surface area contributed by atoms with Crippen molar-refractivity contribution in [2.75, 3.05) is 13.7 Å². The predicted molar refractivity (Wildman–Crippen MR) is 107 cm³/mol. The van der Waals surface area contributed by atoms with Gasteiger partial charge in [0.25, 0.3) is 0 Å². The maximum Gasteiger partial charge on any atom is 0.349 e. The average Bonchev–Trinajstić information content (AvgIpc) is 2.70. The molecule has 0 aromatic heterocycles. The second-order valence-electron chi connectivity index (χ2n) is 6.34. The van der Waals surface area contributed by atoms with E-state index in [9.17, 15) is 14.9 Å². The Hall–Kier alpha value is -3.10. The maximum absolute atomic E-state index is 12.2. The molecule has 0 aliphatic rings. The Morgan fingerprint density at radius 3 is 2.39 bits per heavy atom. The summed E-state index contributed by atoms with van der Waals surface area (Å²) < 4.78 is 10.0. The minimum Gasteiger partial charge on any atom is -0.495 e. The third-order valence-corrected chi connectivity index (χ3v) is 4.36. The number of ether oxygens (including phenoxy) is 2. The van der Waals surface area contributed by atoms with Crippen molar-refractivity contribution >= 4 is 29.4 Å². The molecule has 0 bridgehead atoms. The van der Waals surface area contributed by atoms with Gasteiger partial charge in [-0.2, -0.15) is 5.26 Å². The van der Waals surface area contributed by atoms with E-state index in [1.807, 2.05) is 30.3 Å². The number of nitrogens with zero attached hydrogens (tertiary/aromatic N) is 1. The molecule has 2 aromatic rings. The number of nitriles is 1. The first-order valence-electron chi connectivity index (χ1n) is 8.61. The van der Waals surface area contributed by atoms with E-state index >= 15 is 0 Å². The van der Waals surface area contributed by atoms with Gasteiger partial charge in [-0.3, -0.25) is 4.79 Å². The second-order valence-corrected chi connectivity index (χ2v) is 6.75. The van der Waals surface area contributed by atoms with Crippen LogP contribution in [-0.2, 0) is 9.53 Å². The topological polar surface area (TPSA) is 76.4 Å². The van der Waals surface area contributed by atoms with Gasteiger partial charge in [0, 0.05) is 5.56 Å². The van der Waals surface area contributed by atoms with E-state index in [1.54, 1.807) is 6.07 Å². The van der Waals surface area contributed by atoms with Gasteiger partial charge in [0.05, 0.1) is 12.1 Å². The number of rotatable bonds is 7. The minimum absolute atomic E-state index is 0.183. The Morgan fingerprint density at radius 2 is 1.86 bits per heavy atom. The van der Waals surface area contributed by atoms with Crippen molar-refractivity contribution in [3.8, 4) is 11.8 Å². The molecule has 144 valence electrons. The van der Waals surface area contributed by atoms with E-state index in [1.165, 1.54) is 25.3 Å². The molecule has 0 aliphatic carbocycles. The fraction of sp³-hybridized carbons (Fsp3) is 0.227. The summed E-state index contributed by atoms with van der Waals surface area (Å²) >= 11 is 5.99. The van der Waals surface area contributed by atoms with Crippen LogP contribution in [0.25, 0.3) is 6.08 Å². The summed E-state index contributed by atoms with van der Waals surface area (Å²) in [4.78, 5) is 24.3. The number of carbonyl (C=O) groups excluding carboxylic acids is 2. The molecular formula is C22H20ClNO4. The monoisotopic (exact) mass is 397 g/mol. The summed E-state index contributed by atoms with van der Waals surface area (Å²) in [6, 6.07) is 13.9. The average molecular weight is 398 g/mol. The number of ketones is 1. The lowest BCUT2D eigenvalue weighted by Gasteiger charge is -2.07. The summed E-state index contributed by atoms with van der Waals surface area (Å²) in [5.41, 5.74) is 1.95. The van der Waals surface area contributed by atoms with Crippen molar-refractivity contribution in [2.24, 2.45) is 0 Å². The van der Waals surface area contributed by atoms with Crippen molar-refractivity contribution in [2.45, 2.75) is 19.8 Å². The van der Waals surface area contributed by atoms with Crippen LogP contribution in [0.2, 0.25) is 5.02 Å². The van der Waals surface area contributed by atoms with Gasteiger partial charge in [0.15, 0.2) is 12.4 Å². The van der Waals surface area contributed by atoms with Crippen LogP contribution in [0.1, 0.15) is 41.3 Å². The van der Waals surface area contributed by atoms with Crippen molar-refractivity contribution < 1.29 is 19.1 Å². The molecule has 0 fully saturated rings. The first-order chi connectivity index (χ1) is 13.3. The van der Waals surface area contributed by atoms with Crippen molar-refractivity contribution in [3.63, 3.8) is 0 Å². The van der Waals surface area contributed by atoms with Gasteiger partial charge in [-0.25, -0.2) is 4.79 Å². The summed E-state index contributed by atoms with van der Waals surface area (Å²) in [5.74, 6) is -0.468. The number of Topliss-reactive ketones (excluding diaryl/α,β-unsaturated/α-hetero) is 1. The van der Waals surface area contributed by atoms with E-state index in [2.05, 4.69) is 13.8 Å². The van der Waals surface area contributed by atoms with Gasteiger partial charge >= 0.3 is 5.97 Å². The lowest BCUT2D eigenvalue weighted by molar-refractivity contribution is -0.137. The van der Waals surface area contributed by atoms with Crippen molar-refractivity contribution in [1.82, 2.24) is 0 Å². The molecular weight excluding hydrogens is 378 g/mol. The molecule has 0 heterocycles. The Kier molecular flexibility index (Phi) is 7.36. The van der Waals surface area contributed by atoms with Crippen LogP contribution in [0.15, 0.2) is 48.0 Å². The number of carbonyl (C=O) groups is 2. The van der Waals surface area contributed by atoms with E-state index in [0.717, 1.165) is 5.56 Å². The van der Waals surface area contributed by atoms with Crippen molar-refractivity contribution in [1.29, 1.82) is 5.26 Å². The second kappa shape index (κ2) is 9.72. The van der Waals surface area contributed by atoms with Crippen LogP contribution in [0.3, 0.4) is 0 Å². The molecule has 2 aromatic carbocycles. The smallest absolute Gasteiger partial charge is 0.349 e. The molecule has 6 heteroatoms. The van der Waals surface area contributed by atoms with Crippen LogP contribution >= 0.6 is 11.6 Å². The third kappa shape index (κ3) is 5.45. The lowest BCUT2D eigenvalue weighted by Crippen LogP contribution is -2.15. The number of esters is 1. The number of halogens is 1. The first-order valence-corrected chi connectivity index (χ1v) is 8.99. The molecule has 0 N–H and O–H groups in total.